The lowest BCUT2D eigenvalue weighted by Crippen LogP contribution is -2.33. The first kappa shape index (κ1) is 12.2. The number of aromatic amines is 1. The molecule has 1 saturated heterocycles. The molecule has 0 saturated carbocycles. The summed E-state index contributed by atoms with van der Waals surface area (Å²) in [5.74, 6) is 0. The van der Waals surface area contributed by atoms with Gasteiger partial charge >= 0.3 is 5.69 Å². The maximum atomic E-state index is 11.5. The molecule has 0 aromatic carbocycles. The number of nitrogens with one attached hydrogen (secondary N) is 1. The van der Waals surface area contributed by atoms with Gasteiger partial charge in [0.25, 0.3) is 0 Å². The summed E-state index contributed by atoms with van der Waals surface area (Å²) >= 11 is 4.75. The zero-order chi connectivity index (χ0) is 12.6. The summed E-state index contributed by atoms with van der Waals surface area (Å²) in [6.07, 6.45) is -0.947. The molecule has 0 bridgehead atoms. The van der Waals surface area contributed by atoms with Crippen LogP contribution in [0.3, 0.4) is 0 Å². The van der Waals surface area contributed by atoms with Crippen LogP contribution in [0.1, 0.15) is 12.6 Å². The van der Waals surface area contributed by atoms with E-state index in [1.54, 1.807) is 0 Å². The molecule has 2 heterocycles. The van der Waals surface area contributed by atoms with Crippen LogP contribution in [0, 0.1) is 0 Å². The third-order valence-corrected chi connectivity index (χ3v) is 2.92. The zero-order valence-corrected chi connectivity index (χ0v) is 9.51. The van der Waals surface area contributed by atoms with E-state index < -0.39 is 29.7 Å². The Balaban J connectivity index is 2.34. The largest absolute Gasteiger partial charge is 0.773 e. The van der Waals surface area contributed by atoms with Crippen molar-refractivity contribution in [2.24, 2.45) is 0 Å². The lowest BCUT2D eigenvalue weighted by Gasteiger charge is -2.16. The molecule has 0 aliphatic carbocycles. The molecule has 17 heavy (non-hydrogen) atoms. The van der Waals surface area contributed by atoms with E-state index in [-0.39, 0.29) is 17.9 Å². The Morgan fingerprint density at radius 2 is 2.29 bits per heavy atom. The fourth-order valence-corrected chi connectivity index (χ4v) is 1.90. The number of hydrogen-bond donors (Lipinski definition) is 3. The van der Waals surface area contributed by atoms with Gasteiger partial charge in [-0.05, 0) is 6.20 Å². The standard InChI is InChI=1S/C9H12N2O5S/c12-3-5-4(13)1-7(16-5)11-2-6(17)8(14)10-9(11)15/h2,4-5,7,12-13,17H,1,3H2,(H,10,14,15)/p-1/t4-,5+,7+/m0/s1. The van der Waals surface area contributed by atoms with Crippen LogP contribution in [0.4, 0.5) is 0 Å². The quantitative estimate of drug-likeness (QED) is 0.535. The summed E-state index contributed by atoms with van der Waals surface area (Å²) < 4.78 is 6.39. The monoisotopic (exact) mass is 259 g/mol. The topological polar surface area (TPSA) is 105 Å². The molecule has 1 aromatic heterocycles. The van der Waals surface area contributed by atoms with Crippen LogP contribution in [0.25, 0.3) is 0 Å². The van der Waals surface area contributed by atoms with E-state index in [1.165, 1.54) is 6.20 Å². The molecule has 0 unspecified atom stereocenters. The normalized spacial score (nSPS) is 28.5. The number of rotatable bonds is 2. The van der Waals surface area contributed by atoms with Gasteiger partial charge < -0.3 is 27.6 Å². The van der Waals surface area contributed by atoms with E-state index in [2.05, 4.69) is 4.98 Å². The molecule has 3 N–H and O–H groups in total. The van der Waals surface area contributed by atoms with Gasteiger partial charge in [-0.25, -0.2) is 4.79 Å². The van der Waals surface area contributed by atoms with Crippen LogP contribution in [-0.4, -0.2) is 38.6 Å². The summed E-state index contributed by atoms with van der Waals surface area (Å²) in [5, 5.41) is 18.5. The number of nitrogens with zero attached hydrogens (tertiary/aromatic N) is 1. The summed E-state index contributed by atoms with van der Waals surface area (Å²) in [5.41, 5.74) is -1.28. The number of aliphatic hydroxyl groups excluding tert-OH is 2. The van der Waals surface area contributed by atoms with E-state index in [0.717, 1.165) is 4.57 Å². The highest BCUT2D eigenvalue weighted by molar-refractivity contribution is 7.58. The first-order valence-corrected chi connectivity index (χ1v) is 5.40. The lowest BCUT2D eigenvalue weighted by atomic mass is 10.2. The van der Waals surface area contributed by atoms with Gasteiger partial charge in [-0.1, -0.05) is 4.90 Å². The predicted molar refractivity (Wildman–Crippen MR) is 58.6 cm³/mol. The second-order valence-electron chi connectivity index (χ2n) is 3.77. The summed E-state index contributed by atoms with van der Waals surface area (Å²) in [4.78, 5) is 24.6. The van der Waals surface area contributed by atoms with Crippen LogP contribution in [0.15, 0.2) is 20.7 Å². The fraction of sp³-hybridized carbons (Fsp3) is 0.556. The number of aliphatic hydroxyl groups is 2. The number of ether oxygens (including phenoxy) is 1. The highest BCUT2D eigenvalue weighted by Gasteiger charge is 2.34. The second kappa shape index (κ2) is 4.57. The molecule has 3 atom stereocenters. The van der Waals surface area contributed by atoms with Gasteiger partial charge in [0.05, 0.1) is 12.7 Å². The Labute approximate surface area is 101 Å². The maximum Gasteiger partial charge on any atom is 0.330 e. The SMILES string of the molecule is O=c1[nH]c(=O)n([C@H]2C[C@H](O)[C@@H](CO)O2)cc1[S-]. The molecule has 0 amide bonds. The third-order valence-electron chi connectivity index (χ3n) is 2.63. The Kier molecular flexibility index (Phi) is 3.29. The van der Waals surface area contributed by atoms with Gasteiger partial charge in [-0.2, -0.15) is 0 Å². The smallest absolute Gasteiger partial charge is 0.330 e. The van der Waals surface area contributed by atoms with Gasteiger partial charge in [0.15, 0.2) is 0 Å². The minimum absolute atomic E-state index is 0.0323. The Morgan fingerprint density at radius 3 is 2.88 bits per heavy atom. The summed E-state index contributed by atoms with van der Waals surface area (Å²) in [6.45, 7) is -0.337. The lowest BCUT2D eigenvalue weighted by molar-refractivity contribution is -0.0461. The number of H-pyrrole nitrogens is 1. The van der Waals surface area contributed by atoms with Gasteiger partial charge in [0, 0.05) is 6.42 Å². The molecule has 7 nitrogen and oxygen atoms in total. The molecule has 1 aliphatic heterocycles. The summed E-state index contributed by atoms with van der Waals surface area (Å²) in [7, 11) is 0. The number of aromatic nitrogens is 2. The zero-order valence-electron chi connectivity index (χ0n) is 8.70. The molecule has 2 rings (SSSR count). The van der Waals surface area contributed by atoms with Crippen LogP contribution in [0.5, 0.6) is 0 Å². The van der Waals surface area contributed by atoms with E-state index >= 15 is 0 Å². The average Bonchev–Trinajstić information content (AvgIpc) is 2.65. The molecule has 1 aromatic rings. The first-order chi connectivity index (χ1) is 8.02. The van der Waals surface area contributed by atoms with E-state index in [1.807, 2.05) is 0 Å². The minimum Gasteiger partial charge on any atom is -0.773 e. The molecule has 0 radical (unpaired) electrons. The maximum absolute atomic E-state index is 11.5. The molecule has 1 fully saturated rings. The fourth-order valence-electron chi connectivity index (χ4n) is 1.73. The van der Waals surface area contributed by atoms with Crippen LogP contribution >= 0.6 is 0 Å². The van der Waals surface area contributed by atoms with Gasteiger partial charge in [-0.3, -0.25) is 14.3 Å². The van der Waals surface area contributed by atoms with Crippen LogP contribution in [0.2, 0.25) is 0 Å². The van der Waals surface area contributed by atoms with Crippen molar-refractivity contribution < 1.29 is 14.9 Å². The van der Waals surface area contributed by atoms with Crippen molar-refractivity contribution in [3.63, 3.8) is 0 Å². The third kappa shape index (κ3) is 2.25. The molecule has 0 spiro atoms. The van der Waals surface area contributed by atoms with Crippen LogP contribution in [-0.2, 0) is 17.4 Å². The highest BCUT2D eigenvalue weighted by Crippen LogP contribution is 2.27. The van der Waals surface area contributed by atoms with E-state index in [4.69, 9.17) is 22.5 Å². The average molecular weight is 259 g/mol. The Bertz CT molecular complexity index is 525. The van der Waals surface area contributed by atoms with Crippen molar-refractivity contribution in [2.45, 2.75) is 29.8 Å². The van der Waals surface area contributed by atoms with Gasteiger partial charge in [-0.15, -0.1) is 0 Å². The number of hydrogen-bond acceptors (Lipinski definition) is 6. The van der Waals surface area contributed by atoms with Crippen molar-refractivity contribution in [3.8, 4) is 0 Å². The molecule has 94 valence electrons. The molecular weight excluding hydrogens is 248 g/mol. The molecular formula is C9H11N2O5S-. The van der Waals surface area contributed by atoms with Crippen molar-refractivity contribution in [3.05, 3.63) is 27.0 Å². The van der Waals surface area contributed by atoms with E-state index in [9.17, 15) is 14.7 Å². The first-order valence-electron chi connectivity index (χ1n) is 4.99. The second-order valence-corrected chi connectivity index (χ2v) is 4.21. The molecule has 8 heteroatoms. The molecule has 1 aliphatic rings. The van der Waals surface area contributed by atoms with Gasteiger partial charge in [0.1, 0.15) is 12.3 Å². The Hall–Kier alpha value is -1.22. The van der Waals surface area contributed by atoms with Crippen molar-refractivity contribution in [2.75, 3.05) is 6.61 Å². The van der Waals surface area contributed by atoms with Crippen molar-refractivity contribution >= 4 is 12.6 Å². The van der Waals surface area contributed by atoms with Crippen LogP contribution < -0.4 is 11.2 Å². The van der Waals surface area contributed by atoms with Gasteiger partial charge in [0.2, 0.25) is 5.56 Å². The van der Waals surface area contributed by atoms with E-state index in [0.29, 0.717) is 0 Å². The highest BCUT2D eigenvalue weighted by atomic mass is 32.1. The Morgan fingerprint density at radius 1 is 1.59 bits per heavy atom. The summed E-state index contributed by atoms with van der Waals surface area (Å²) in [6, 6.07) is 0. The van der Waals surface area contributed by atoms with Crippen molar-refractivity contribution in [1.29, 1.82) is 0 Å². The minimum atomic E-state index is -0.850. The van der Waals surface area contributed by atoms with Crippen molar-refractivity contribution in [1.82, 2.24) is 9.55 Å². The predicted octanol–water partition coefficient (Wildman–Crippen LogP) is -1.92.